The summed E-state index contributed by atoms with van der Waals surface area (Å²) in [6.45, 7) is 1.48. The third kappa shape index (κ3) is 3.38. The smallest absolute Gasteiger partial charge is 0.330 e. The molecule has 108 valence electrons. The van der Waals surface area contributed by atoms with Crippen LogP contribution in [0.4, 0.5) is 5.69 Å². The highest BCUT2D eigenvalue weighted by Gasteiger charge is 2.24. The second-order valence-electron chi connectivity index (χ2n) is 4.36. The first-order valence-corrected chi connectivity index (χ1v) is 6.53. The van der Waals surface area contributed by atoms with Gasteiger partial charge in [-0.1, -0.05) is 41.9 Å². The van der Waals surface area contributed by atoms with Crippen LogP contribution in [0.5, 0.6) is 5.75 Å². The summed E-state index contributed by atoms with van der Waals surface area (Å²) < 4.78 is 5.46. The minimum Gasteiger partial charge on any atom is -0.482 e. The molecule has 2 aromatic carbocycles. The molecule has 0 radical (unpaired) electrons. The van der Waals surface area contributed by atoms with Crippen molar-refractivity contribution in [3.05, 3.63) is 68.7 Å². The van der Waals surface area contributed by atoms with Gasteiger partial charge in [-0.3, -0.25) is 14.9 Å². The Labute approximate surface area is 126 Å². The van der Waals surface area contributed by atoms with Crippen molar-refractivity contribution >= 4 is 23.1 Å². The van der Waals surface area contributed by atoms with Crippen LogP contribution >= 0.6 is 11.6 Å². The number of benzene rings is 2. The fraction of sp³-hybridized carbons (Fsp3) is 0.133. The SMILES string of the molecule is CC(=O)c1ccc(OCc2ccccc2)c([N+](=O)[O-])c1Cl. The highest BCUT2D eigenvalue weighted by atomic mass is 35.5. The molecular weight excluding hydrogens is 294 g/mol. The molecule has 0 saturated heterocycles. The first kappa shape index (κ1) is 15.0. The van der Waals surface area contributed by atoms with Crippen molar-refractivity contribution in [3.63, 3.8) is 0 Å². The lowest BCUT2D eigenvalue weighted by Crippen LogP contribution is -2.03. The van der Waals surface area contributed by atoms with E-state index in [2.05, 4.69) is 0 Å². The number of halogens is 1. The van der Waals surface area contributed by atoms with Gasteiger partial charge in [-0.25, -0.2) is 0 Å². The van der Waals surface area contributed by atoms with Crippen molar-refractivity contribution in [2.45, 2.75) is 13.5 Å². The third-order valence-electron chi connectivity index (χ3n) is 2.88. The molecule has 0 fully saturated rings. The van der Waals surface area contributed by atoms with E-state index < -0.39 is 4.92 Å². The number of rotatable bonds is 5. The van der Waals surface area contributed by atoms with Crippen molar-refractivity contribution in [3.8, 4) is 5.75 Å². The van der Waals surface area contributed by atoms with Gasteiger partial charge in [-0.15, -0.1) is 0 Å². The van der Waals surface area contributed by atoms with E-state index in [0.717, 1.165) is 5.56 Å². The number of nitrogens with zero attached hydrogens (tertiary/aromatic N) is 1. The topological polar surface area (TPSA) is 69.4 Å². The maximum atomic E-state index is 11.4. The van der Waals surface area contributed by atoms with Gasteiger partial charge in [0.1, 0.15) is 11.6 Å². The van der Waals surface area contributed by atoms with Crippen molar-refractivity contribution in [2.75, 3.05) is 0 Å². The molecule has 0 bridgehead atoms. The summed E-state index contributed by atoms with van der Waals surface area (Å²) in [6, 6.07) is 12.1. The normalized spacial score (nSPS) is 10.2. The Kier molecular flexibility index (Phi) is 4.55. The van der Waals surface area contributed by atoms with Gasteiger partial charge in [0, 0.05) is 5.56 Å². The highest BCUT2D eigenvalue weighted by molar-refractivity contribution is 6.36. The van der Waals surface area contributed by atoms with E-state index in [1.54, 1.807) is 0 Å². The Balaban J connectivity index is 2.33. The molecule has 0 aliphatic rings. The lowest BCUT2D eigenvalue weighted by molar-refractivity contribution is -0.385. The highest BCUT2D eigenvalue weighted by Crippen LogP contribution is 2.37. The van der Waals surface area contributed by atoms with Crippen molar-refractivity contribution in [1.29, 1.82) is 0 Å². The van der Waals surface area contributed by atoms with Crippen LogP contribution in [0.25, 0.3) is 0 Å². The quantitative estimate of drug-likeness (QED) is 0.475. The van der Waals surface area contributed by atoms with Crippen LogP contribution in [-0.2, 0) is 6.61 Å². The predicted molar refractivity (Wildman–Crippen MR) is 78.9 cm³/mol. The first-order valence-electron chi connectivity index (χ1n) is 6.15. The molecule has 0 spiro atoms. The van der Waals surface area contributed by atoms with Crippen LogP contribution < -0.4 is 4.74 Å². The number of Topliss-reactive ketones (excluding diaryl/α,β-unsaturated/α-hetero) is 1. The van der Waals surface area contributed by atoms with Crippen molar-refractivity contribution < 1.29 is 14.5 Å². The Hall–Kier alpha value is -2.40. The van der Waals surface area contributed by atoms with Gasteiger partial charge in [0.2, 0.25) is 0 Å². The minimum absolute atomic E-state index is 0.0406. The molecule has 0 atom stereocenters. The largest absolute Gasteiger partial charge is 0.482 e. The zero-order valence-corrected chi connectivity index (χ0v) is 12.0. The van der Waals surface area contributed by atoms with Gasteiger partial charge in [-0.05, 0) is 24.6 Å². The maximum absolute atomic E-state index is 11.4. The summed E-state index contributed by atoms with van der Waals surface area (Å²) in [5, 5.41) is 11.0. The number of carbonyl (C=O) groups excluding carboxylic acids is 1. The van der Waals surface area contributed by atoms with Crippen LogP contribution in [0.15, 0.2) is 42.5 Å². The van der Waals surface area contributed by atoms with E-state index in [1.807, 2.05) is 30.3 Å². The number of nitro groups is 1. The van der Waals surface area contributed by atoms with Gasteiger partial charge in [0.05, 0.1) is 4.92 Å². The van der Waals surface area contributed by atoms with Crippen LogP contribution in [-0.4, -0.2) is 10.7 Å². The van der Waals surface area contributed by atoms with Gasteiger partial charge in [0.25, 0.3) is 0 Å². The van der Waals surface area contributed by atoms with E-state index >= 15 is 0 Å². The van der Waals surface area contributed by atoms with Crippen molar-refractivity contribution in [1.82, 2.24) is 0 Å². The van der Waals surface area contributed by atoms with E-state index in [1.165, 1.54) is 19.1 Å². The molecule has 5 nitrogen and oxygen atoms in total. The average Bonchev–Trinajstić information content (AvgIpc) is 2.45. The summed E-state index contributed by atoms with van der Waals surface area (Å²) in [5.41, 5.74) is 0.592. The average molecular weight is 306 g/mol. The summed E-state index contributed by atoms with van der Waals surface area (Å²) in [5.74, 6) is -0.295. The van der Waals surface area contributed by atoms with Gasteiger partial charge in [-0.2, -0.15) is 0 Å². The molecule has 0 amide bonds. The Morgan fingerprint density at radius 1 is 1.24 bits per heavy atom. The molecule has 0 N–H and O–H groups in total. The number of hydrogen-bond donors (Lipinski definition) is 0. The van der Waals surface area contributed by atoms with E-state index in [0.29, 0.717) is 0 Å². The van der Waals surface area contributed by atoms with E-state index in [4.69, 9.17) is 16.3 Å². The second kappa shape index (κ2) is 6.37. The van der Waals surface area contributed by atoms with Crippen LogP contribution in [0.2, 0.25) is 5.02 Å². The molecule has 0 unspecified atom stereocenters. The molecule has 0 aliphatic carbocycles. The molecule has 2 rings (SSSR count). The fourth-order valence-electron chi connectivity index (χ4n) is 1.84. The van der Waals surface area contributed by atoms with E-state index in [-0.39, 0.29) is 34.4 Å². The molecule has 6 heteroatoms. The standard InChI is InChI=1S/C15H12ClNO4/c1-10(18)12-7-8-13(15(14(12)16)17(19)20)21-9-11-5-3-2-4-6-11/h2-8H,9H2,1H3. The Morgan fingerprint density at radius 2 is 1.90 bits per heavy atom. The van der Waals surface area contributed by atoms with Crippen LogP contribution in [0.1, 0.15) is 22.8 Å². The lowest BCUT2D eigenvalue weighted by Gasteiger charge is -2.09. The number of carbonyl (C=O) groups is 1. The maximum Gasteiger partial charge on any atom is 0.330 e. The lowest BCUT2D eigenvalue weighted by atomic mass is 10.1. The van der Waals surface area contributed by atoms with Gasteiger partial charge in [0.15, 0.2) is 11.5 Å². The Morgan fingerprint density at radius 3 is 2.48 bits per heavy atom. The minimum atomic E-state index is -0.644. The summed E-state index contributed by atoms with van der Waals surface area (Å²) >= 11 is 5.94. The monoisotopic (exact) mass is 305 g/mol. The van der Waals surface area contributed by atoms with Crippen LogP contribution in [0, 0.1) is 10.1 Å². The fourth-order valence-corrected chi connectivity index (χ4v) is 2.20. The summed E-state index contributed by atoms with van der Waals surface area (Å²) in [7, 11) is 0. The predicted octanol–water partition coefficient (Wildman–Crippen LogP) is 4.03. The molecule has 0 aliphatic heterocycles. The number of ketones is 1. The Bertz CT molecular complexity index is 686. The third-order valence-corrected chi connectivity index (χ3v) is 3.26. The molecular formula is C15H12ClNO4. The zero-order valence-electron chi connectivity index (χ0n) is 11.2. The summed E-state index contributed by atoms with van der Waals surface area (Å²) in [6.07, 6.45) is 0. The number of hydrogen-bond acceptors (Lipinski definition) is 4. The number of ether oxygens (including phenoxy) is 1. The molecule has 21 heavy (non-hydrogen) atoms. The molecule has 2 aromatic rings. The zero-order chi connectivity index (χ0) is 15.4. The second-order valence-corrected chi connectivity index (χ2v) is 4.74. The molecule has 0 aromatic heterocycles. The van der Waals surface area contributed by atoms with E-state index in [9.17, 15) is 14.9 Å². The van der Waals surface area contributed by atoms with Crippen LogP contribution in [0.3, 0.4) is 0 Å². The van der Waals surface area contributed by atoms with Gasteiger partial charge >= 0.3 is 5.69 Å². The van der Waals surface area contributed by atoms with Gasteiger partial charge < -0.3 is 4.74 Å². The first-order chi connectivity index (χ1) is 10.0. The van der Waals surface area contributed by atoms with Crippen molar-refractivity contribution in [2.24, 2.45) is 0 Å². The molecule has 0 saturated carbocycles. The summed E-state index contributed by atoms with van der Waals surface area (Å²) in [4.78, 5) is 21.9. The molecule has 0 heterocycles. The number of nitro benzene ring substituents is 1.